The second-order valence-corrected chi connectivity index (χ2v) is 13.6. The number of hydrogen-bond acceptors (Lipinski definition) is 4. The third kappa shape index (κ3) is 3.91. The minimum atomic E-state index is 0.687. The number of thiophene rings is 1. The molecule has 0 fully saturated rings. The molecule has 228 valence electrons. The number of aromatic nitrogens is 3. The summed E-state index contributed by atoms with van der Waals surface area (Å²) < 4.78 is 11.5. The van der Waals surface area contributed by atoms with E-state index in [2.05, 4.69) is 150 Å². The fourth-order valence-corrected chi connectivity index (χ4v) is 8.68. The Kier molecular flexibility index (Phi) is 5.51. The molecule has 4 nitrogen and oxygen atoms in total. The van der Waals surface area contributed by atoms with Gasteiger partial charge in [0, 0.05) is 42.8 Å². The van der Waals surface area contributed by atoms with Gasteiger partial charge >= 0.3 is 0 Å². The van der Waals surface area contributed by atoms with E-state index in [0.717, 1.165) is 71.1 Å². The van der Waals surface area contributed by atoms with Gasteiger partial charge in [-0.1, -0.05) is 109 Å². The molecule has 0 amide bonds. The molecule has 0 atom stereocenters. The van der Waals surface area contributed by atoms with Crippen LogP contribution in [0.5, 0.6) is 0 Å². The van der Waals surface area contributed by atoms with Gasteiger partial charge in [0.1, 0.15) is 5.58 Å². The lowest BCUT2D eigenvalue weighted by Gasteiger charge is -2.09. The third-order valence-electron chi connectivity index (χ3n) is 9.78. The van der Waals surface area contributed by atoms with E-state index in [4.69, 9.17) is 14.4 Å². The number of benzene rings is 7. The van der Waals surface area contributed by atoms with Crippen molar-refractivity contribution in [3.63, 3.8) is 0 Å². The Bertz CT molecular complexity index is 3110. The Morgan fingerprint density at radius 3 is 2.16 bits per heavy atom. The molecule has 0 N–H and O–H groups in total. The lowest BCUT2D eigenvalue weighted by atomic mass is 10.1. The number of para-hydroxylation sites is 2. The highest BCUT2D eigenvalue weighted by Gasteiger charge is 2.20. The smallest absolute Gasteiger partial charge is 0.160 e. The molecule has 4 heterocycles. The van der Waals surface area contributed by atoms with Gasteiger partial charge < -0.3 is 8.98 Å². The van der Waals surface area contributed by atoms with Gasteiger partial charge in [0.05, 0.1) is 32.6 Å². The van der Waals surface area contributed by atoms with E-state index in [1.165, 1.54) is 26.2 Å². The minimum absolute atomic E-state index is 0.687. The van der Waals surface area contributed by atoms with Gasteiger partial charge in [0.15, 0.2) is 11.4 Å². The Labute approximate surface area is 284 Å². The first kappa shape index (κ1) is 26.7. The van der Waals surface area contributed by atoms with Crippen LogP contribution < -0.4 is 0 Å². The van der Waals surface area contributed by atoms with E-state index in [0.29, 0.717) is 5.82 Å². The van der Waals surface area contributed by atoms with Crippen LogP contribution in [0.4, 0.5) is 0 Å². The topological polar surface area (TPSA) is 43.9 Å². The first-order chi connectivity index (χ1) is 24.3. The average molecular weight is 644 g/mol. The summed E-state index contributed by atoms with van der Waals surface area (Å²) in [6, 6.07) is 53.5. The molecule has 5 heteroatoms. The van der Waals surface area contributed by atoms with Gasteiger partial charge in [-0.15, -0.1) is 11.3 Å². The first-order valence-electron chi connectivity index (χ1n) is 16.4. The third-order valence-corrected chi connectivity index (χ3v) is 11.0. The maximum Gasteiger partial charge on any atom is 0.160 e. The Morgan fingerprint density at radius 1 is 0.510 bits per heavy atom. The minimum Gasteiger partial charge on any atom is -0.454 e. The van der Waals surface area contributed by atoms with E-state index in [-0.39, 0.29) is 0 Å². The van der Waals surface area contributed by atoms with Gasteiger partial charge in [-0.3, -0.25) is 0 Å². The zero-order chi connectivity index (χ0) is 32.1. The predicted octanol–water partition coefficient (Wildman–Crippen LogP) is 12.3. The van der Waals surface area contributed by atoms with Crippen molar-refractivity contribution in [1.82, 2.24) is 14.5 Å². The summed E-state index contributed by atoms with van der Waals surface area (Å²) in [5.41, 5.74) is 8.93. The van der Waals surface area contributed by atoms with Crippen molar-refractivity contribution in [1.29, 1.82) is 0 Å². The predicted molar refractivity (Wildman–Crippen MR) is 205 cm³/mol. The van der Waals surface area contributed by atoms with Crippen LogP contribution in [0.3, 0.4) is 0 Å². The summed E-state index contributed by atoms with van der Waals surface area (Å²) in [6.45, 7) is 0. The normalized spacial score (nSPS) is 12.1. The van der Waals surface area contributed by atoms with E-state index < -0.39 is 0 Å². The maximum atomic E-state index is 6.84. The number of nitrogens with zero attached hydrogens (tertiary/aromatic N) is 3. The van der Waals surface area contributed by atoms with Gasteiger partial charge in [-0.05, 0) is 53.2 Å². The summed E-state index contributed by atoms with van der Waals surface area (Å²) >= 11 is 1.75. The molecule has 0 aliphatic carbocycles. The molecule has 0 aliphatic rings. The van der Waals surface area contributed by atoms with Crippen molar-refractivity contribution in [2.45, 2.75) is 0 Å². The molecule has 0 bridgehead atoms. The molecule has 7 aromatic carbocycles. The Hall–Kier alpha value is -6.30. The molecule has 0 saturated heterocycles. The van der Waals surface area contributed by atoms with Crippen LogP contribution in [0, 0.1) is 0 Å². The van der Waals surface area contributed by atoms with Crippen molar-refractivity contribution < 1.29 is 4.42 Å². The fraction of sp³-hybridized carbons (Fsp3) is 0. The molecular weight excluding hydrogens is 619 g/mol. The quantitative estimate of drug-likeness (QED) is 0.192. The molecule has 0 radical (unpaired) electrons. The molecule has 0 aliphatic heterocycles. The van der Waals surface area contributed by atoms with Crippen molar-refractivity contribution >= 4 is 86.2 Å². The van der Waals surface area contributed by atoms with Crippen LogP contribution in [-0.2, 0) is 0 Å². The Balaban J connectivity index is 1.15. The number of rotatable bonds is 3. The molecule has 0 spiro atoms. The van der Waals surface area contributed by atoms with Crippen LogP contribution in [0.15, 0.2) is 156 Å². The lowest BCUT2D eigenvalue weighted by Crippen LogP contribution is -1.94. The second-order valence-electron chi connectivity index (χ2n) is 12.6. The molecule has 4 aromatic heterocycles. The molecule has 0 saturated carbocycles. The van der Waals surface area contributed by atoms with Crippen molar-refractivity contribution in [2.24, 2.45) is 0 Å². The van der Waals surface area contributed by atoms with Crippen molar-refractivity contribution in [2.75, 3.05) is 0 Å². The highest BCUT2D eigenvalue weighted by atomic mass is 32.1. The van der Waals surface area contributed by atoms with Crippen LogP contribution in [0.1, 0.15) is 0 Å². The molecular formula is C44H25N3OS. The van der Waals surface area contributed by atoms with E-state index >= 15 is 0 Å². The zero-order valence-corrected chi connectivity index (χ0v) is 26.9. The zero-order valence-electron chi connectivity index (χ0n) is 26.1. The monoisotopic (exact) mass is 643 g/mol. The summed E-state index contributed by atoms with van der Waals surface area (Å²) in [6.07, 6.45) is 0. The van der Waals surface area contributed by atoms with Crippen molar-refractivity contribution in [3.05, 3.63) is 152 Å². The van der Waals surface area contributed by atoms with Gasteiger partial charge in [-0.2, -0.15) is 0 Å². The molecule has 0 unspecified atom stereocenters. The van der Waals surface area contributed by atoms with Gasteiger partial charge in [0.2, 0.25) is 0 Å². The number of furan rings is 1. The average Bonchev–Trinajstić information content (AvgIpc) is 3.83. The summed E-state index contributed by atoms with van der Waals surface area (Å²) in [7, 11) is 0. The van der Waals surface area contributed by atoms with Crippen LogP contribution in [0.25, 0.3) is 103 Å². The standard InChI is InChI=1S/C44H25N3OS/c1-2-11-26(12-3-1)40-43-41(33-16-7-9-20-39(33)49-43)46-44(45-40)29-21-22-31-32-17-10-19-36(42(32)48-38(31)25-29)47-35-18-8-6-15-30(35)34-23-27-13-4-5-14-28(27)24-37(34)47/h1-25H. The van der Waals surface area contributed by atoms with Crippen LogP contribution in [0.2, 0.25) is 0 Å². The lowest BCUT2D eigenvalue weighted by molar-refractivity contribution is 0.666. The highest BCUT2D eigenvalue weighted by molar-refractivity contribution is 7.26. The number of hydrogen-bond donors (Lipinski definition) is 0. The highest BCUT2D eigenvalue weighted by Crippen LogP contribution is 2.42. The van der Waals surface area contributed by atoms with E-state index in [1.54, 1.807) is 11.3 Å². The number of fused-ring (bicyclic) bond motifs is 10. The van der Waals surface area contributed by atoms with Crippen LogP contribution >= 0.6 is 11.3 Å². The second kappa shape index (κ2) is 10.1. The van der Waals surface area contributed by atoms with E-state index in [9.17, 15) is 0 Å². The van der Waals surface area contributed by atoms with Crippen molar-refractivity contribution in [3.8, 4) is 28.3 Å². The largest absolute Gasteiger partial charge is 0.454 e. The maximum absolute atomic E-state index is 6.84. The molecule has 11 rings (SSSR count). The molecule has 11 aromatic rings. The first-order valence-corrected chi connectivity index (χ1v) is 17.2. The van der Waals surface area contributed by atoms with Crippen LogP contribution in [-0.4, -0.2) is 14.5 Å². The summed E-state index contributed by atoms with van der Waals surface area (Å²) in [5, 5.41) is 8.20. The fourth-order valence-electron chi connectivity index (χ4n) is 7.53. The summed E-state index contributed by atoms with van der Waals surface area (Å²) in [5.74, 6) is 0.687. The Morgan fingerprint density at radius 2 is 1.27 bits per heavy atom. The van der Waals surface area contributed by atoms with E-state index in [1.807, 2.05) is 6.07 Å². The SMILES string of the molecule is c1ccc(-c2nc(-c3ccc4c(c3)oc3c(-n5c6ccccc6c6cc7ccccc7cc65)cccc34)nc3c2sc2ccccc23)cc1. The summed E-state index contributed by atoms with van der Waals surface area (Å²) in [4.78, 5) is 10.4. The molecule has 49 heavy (non-hydrogen) atoms. The van der Waals surface area contributed by atoms with Gasteiger partial charge in [0.25, 0.3) is 0 Å². The van der Waals surface area contributed by atoms with Gasteiger partial charge in [-0.25, -0.2) is 9.97 Å².